The number of nitrogens with one attached hydrogen (secondary N) is 2. The average molecular weight is 499 g/mol. The van der Waals surface area contributed by atoms with Crippen molar-refractivity contribution in [2.24, 2.45) is 0 Å². The number of esters is 1. The Kier molecular flexibility index (Phi) is 7.06. The summed E-state index contributed by atoms with van der Waals surface area (Å²) in [6.45, 7) is 0.294. The average Bonchev–Trinajstić information content (AvgIpc) is 2.87. The van der Waals surface area contributed by atoms with Crippen LogP contribution in [0.4, 0.5) is 11.4 Å². The van der Waals surface area contributed by atoms with Crippen molar-refractivity contribution < 1.29 is 37.0 Å². The summed E-state index contributed by atoms with van der Waals surface area (Å²) in [7, 11) is -2.60. The summed E-state index contributed by atoms with van der Waals surface area (Å²) in [6, 6.07) is 16.7. The molecule has 0 bridgehead atoms. The van der Waals surface area contributed by atoms with Crippen LogP contribution in [-0.2, 0) is 19.6 Å². The highest BCUT2D eigenvalue weighted by Gasteiger charge is 2.19. The molecule has 4 rings (SSSR count). The lowest BCUT2D eigenvalue weighted by Gasteiger charge is -2.19. The van der Waals surface area contributed by atoms with Crippen molar-refractivity contribution in [2.75, 3.05) is 37.0 Å². The topological polar surface area (TPSA) is 129 Å². The molecule has 0 radical (unpaired) electrons. The van der Waals surface area contributed by atoms with Gasteiger partial charge >= 0.3 is 5.97 Å². The van der Waals surface area contributed by atoms with E-state index < -0.39 is 28.5 Å². The summed E-state index contributed by atoms with van der Waals surface area (Å²) in [4.78, 5) is 24.5. The summed E-state index contributed by atoms with van der Waals surface area (Å²) in [5.41, 5.74) is 0.671. The Balaban J connectivity index is 1.38. The number of anilines is 2. The highest BCUT2D eigenvalue weighted by atomic mass is 32.2. The molecule has 0 spiro atoms. The number of rotatable bonds is 8. The van der Waals surface area contributed by atoms with E-state index in [2.05, 4.69) is 10.0 Å². The molecule has 0 atom stereocenters. The van der Waals surface area contributed by atoms with Gasteiger partial charge < -0.3 is 24.3 Å². The fraction of sp³-hybridized carbons (Fsp3) is 0.167. The number of fused-ring (bicyclic) bond motifs is 1. The van der Waals surface area contributed by atoms with Crippen LogP contribution in [0.15, 0.2) is 71.6 Å². The van der Waals surface area contributed by atoms with Crippen LogP contribution in [-0.4, -0.2) is 47.2 Å². The molecular weight excluding hydrogens is 476 g/mol. The van der Waals surface area contributed by atoms with E-state index in [1.165, 1.54) is 31.4 Å². The van der Waals surface area contributed by atoms with Crippen LogP contribution in [0.3, 0.4) is 0 Å². The van der Waals surface area contributed by atoms with Gasteiger partial charge in [0.1, 0.15) is 19.0 Å². The van der Waals surface area contributed by atoms with Crippen molar-refractivity contribution in [3.8, 4) is 17.2 Å². The van der Waals surface area contributed by atoms with Crippen molar-refractivity contribution in [1.82, 2.24) is 0 Å². The van der Waals surface area contributed by atoms with E-state index in [1.807, 2.05) is 0 Å². The van der Waals surface area contributed by atoms with Crippen molar-refractivity contribution in [3.63, 3.8) is 0 Å². The molecule has 10 nitrogen and oxygen atoms in total. The number of amides is 1. The van der Waals surface area contributed by atoms with Crippen LogP contribution in [0.25, 0.3) is 0 Å². The Hall–Kier alpha value is -4.25. The molecular formula is C24H22N2O8S. The van der Waals surface area contributed by atoms with Gasteiger partial charge in [0.25, 0.3) is 15.9 Å². The van der Waals surface area contributed by atoms with E-state index in [-0.39, 0.29) is 16.1 Å². The van der Waals surface area contributed by atoms with Crippen LogP contribution < -0.4 is 24.2 Å². The zero-order valence-electron chi connectivity index (χ0n) is 18.6. The molecule has 1 aliphatic heterocycles. The molecule has 0 saturated heterocycles. The van der Waals surface area contributed by atoms with Crippen molar-refractivity contribution >= 4 is 33.3 Å². The monoisotopic (exact) mass is 498 g/mol. The third kappa shape index (κ3) is 5.82. The lowest BCUT2D eigenvalue weighted by Crippen LogP contribution is -2.21. The molecule has 0 aromatic heterocycles. The van der Waals surface area contributed by atoms with Crippen LogP contribution >= 0.6 is 0 Å². The number of hydrogen-bond acceptors (Lipinski definition) is 8. The summed E-state index contributed by atoms with van der Waals surface area (Å²) < 4.78 is 49.2. The molecule has 2 N–H and O–H groups in total. The van der Waals surface area contributed by atoms with Crippen LogP contribution in [0.1, 0.15) is 10.4 Å². The molecule has 1 amide bonds. The Morgan fingerprint density at radius 2 is 1.71 bits per heavy atom. The number of para-hydroxylation sites is 2. The molecule has 1 aliphatic rings. The molecule has 3 aromatic rings. The fourth-order valence-corrected chi connectivity index (χ4v) is 4.37. The minimum Gasteiger partial charge on any atom is -0.495 e. The van der Waals surface area contributed by atoms with Gasteiger partial charge in [-0.3, -0.25) is 9.52 Å². The standard InChI is InChI=1S/C24H22N2O8S/c1-31-20-8-3-2-7-19(20)26-35(29,30)18-6-4-5-16(13-18)24(28)34-15-23(27)25-17-9-10-21-22(14-17)33-12-11-32-21/h2-10,13-14,26H,11-12,15H2,1H3,(H,25,27). The van der Waals surface area contributed by atoms with E-state index in [0.717, 1.165) is 0 Å². The van der Waals surface area contributed by atoms with Gasteiger partial charge in [0.05, 0.1) is 23.3 Å². The quantitative estimate of drug-likeness (QED) is 0.454. The third-order valence-electron chi connectivity index (χ3n) is 4.89. The molecule has 0 saturated carbocycles. The SMILES string of the molecule is COc1ccccc1NS(=O)(=O)c1cccc(C(=O)OCC(=O)Nc2ccc3c(c2)OCCO3)c1. The summed E-state index contributed by atoms with van der Waals surface area (Å²) >= 11 is 0. The molecule has 3 aromatic carbocycles. The lowest BCUT2D eigenvalue weighted by molar-refractivity contribution is -0.119. The molecule has 1 heterocycles. The smallest absolute Gasteiger partial charge is 0.338 e. The molecule has 182 valence electrons. The summed E-state index contributed by atoms with van der Waals surface area (Å²) in [6.07, 6.45) is 0. The van der Waals surface area contributed by atoms with Crippen molar-refractivity contribution in [2.45, 2.75) is 4.90 Å². The Morgan fingerprint density at radius 1 is 0.943 bits per heavy atom. The second-order valence-electron chi connectivity index (χ2n) is 7.32. The second kappa shape index (κ2) is 10.3. The maximum atomic E-state index is 12.8. The zero-order valence-corrected chi connectivity index (χ0v) is 19.5. The first-order valence-corrected chi connectivity index (χ1v) is 12.0. The minimum atomic E-state index is -4.02. The fourth-order valence-electron chi connectivity index (χ4n) is 3.26. The number of methoxy groups -OCH3 is 1. The molecule has 11 heteroatoms. The van der Waals surface area contributed by atoms with Gasteiger partial charge in [0.15, 0.2) is 18.1 Å². The largest absolute Gasteiger partial charge is 0.495 e. The van der Waals surface area contributed by atoms with E-state index in [1.54, 1.807) is 42.5 Å². The molecule has 0 aliphatic carbocycles. The number of carbonyl (C=O) groups is 2. The maximum absolute atomic E-state index is 12.8. The normalized spacial score (nSPS) is 12.4. The van der Waals surface area contributed by atoms with Gasteiger partial charge in [-0.15, -0.1) is 0 Å². The van der Waals surface area contributed by atoms with Crippen molar-refractivity contribution in [3.05, 3.63) is 72.3 Å². The number of hydrogen-bond donors (Lipinski definition) is 2. The number of ether oxygens (including phenoxy) is 4. The number of sulfonamides is 1. The molecule has 0 fully saturated rings. The van der Waals surface area contributed by atoms with E-state index in [0.29, 0.717) is 36.1 Å². The second-order valence-corrected chi connectivity index (χ2v) is 9.00. The van der Waals surface area contributed by atoms with Gasteiger partial charge in [-0.1, -0.05) is 18.2 Å². The van der Waals surface area contributed by atoms with Gasteiger partial charge in [0.2, 0.25) is 0 Å². The van der Waals surface area contributed by atoms with Gasteiger partial charge in [-0.05, 0) is 42.5 Å². The van der Waals surface area contributed by atoms with Crippen LogP contribution in [0.2, 0.25) is 0 Å². The minimum absolute atomic E-state index is 0.0277. The molecule has 35 heavy (non-hydrogen) atoms. The zero-order chi connectivity index (χ0) is 24.8. The first kappa shape index (κ1) is 23.9. The van der Waals surface area contributed by atoms with Crippen LogP contribution in [0.5, 0.6) is 17.2 Å². The van der Waals surface area contributed by atoms with Gasteiger partial charge in [0, 0.05) is 11.8 Å². The maximum Gasteiger partial charge on any atom is 0.338 e. The van der Waals surface area contributed by atoms with E-state index in [4.69, 9.17) is 18.9 Å². The predicted octanol–water partition coefficient (Wildman–Crippen LogP) is 3.06. The third-order valence-corrected chi connectivity index (χ3v) is 6.25. The van der Waals surface area contributed by atoms with E-state index >= 15 is 0 Å². The molecule has 0 unspecified atom stereocenters. The van der Waals surface area contributed by atoms with Crippen molar-refractivity contribution in [1.29, 1.82) is 0 Å². The number of carbonyl (C=O) groups excluding carboxylic acids is 2. The van der Waals surface area contributed by atoms with Gasteiger partial charge in [-0.25, -0.2) is 13.2 Å². The highest BCUT2D eigenvalue weighted by molar-refractivity contribution is 7.92. The van der Waals surface area contributed by atoms with E-state index in [9.17, 15) is 18.0 Å². The van der Waals surface area contributed by atoms with Gasteiger partial charge in [-0.2, -0.15) is 0 Å². The highest BCUT2D eigenvalue weighted by Crippen LogP contribution is 2.32. The van der Waals surface area contributed by atoms with Crippen LogP contribution in [0, 0.1) is 0 Å². The number of benzene rings is 3. The predicted molar refractivity (Wildman–Crippen MR) is 127 cm³/mol. The summed E-state index contributed by atoms with van der Waals surface area (Å²) in [5.74, 6) is 0.00508. The lowest BCUT2D eigenvalue weighted by atomic mass is 10.2. The Labute approximate surface area is 201 Å². The first-order valence-electron chi connectivity index (χ1n) is 10.5. The Bertz CT molecular complexity index is 1360. The first-order chi connectivity index (χ1) is 16.9. The summed E-state index contributed by atoms with van der Waals surface area (Å²) in [5, 5.41) is 2.60. The Morgan fingerprint density at radius 3 is 2.51 bits per heavy atom.